The van der Waals surface area contributed by atoms with Crippen molar-refractivity contribution in [2.45, 2.75) is 33.1 Å². The van der Waals surface area contributed by atoms with Gasteiger partial charge >= 0.3 is 0 Å². The van der Waals surface area contributed by atoms with Crippen molar-refractivity contribution < 1.29 is 0 Å². The lowest BCUT2D eigenvalue weighted by atomic mass is 9.83. The Morgan fingerprint density at radius 1 is 0.582 bits per heavy atom. The number of nitrogens with zero attached hydrogens (tertiary/aromatic N) is 2. The molecule has 2 nitrogen and oxygen atoms in total. The SMILES string of the molecule is C=C(N=C(N=C(C)c1cc2c3ccccc3c3c(c2c2ccccc12)CCC=C3)c1ccccc1)c1ccccc1Cc1ccccc1-c1ccccc1C. The summed E-state index contributed by atoms with van der Waals surface area (Å²) >= 11 is 0. The number of benzene rings is 8. The van der Waals surface area contributed by atoms with E-state index in [1.165, 1.54) is 71.3 Å². The van der Waals surface area contributed by atoms with Gasteiger partial charge in [-0.1, -0.05) is 170 Å². The van der Waals surface area contributed by atoms with Crippen molar-refractivity contribution in [3.8, 4) is 11.1 Å². The van der Waals surface area contributed by atoms with Crippen molar-refractivity contribution in [3.05, 3.63) is 215 Å². The van der Waals surface area contributed by atoms with E-state index in [4.69, 9.17) is 9.98 Å². The van der Waals surface area contributed by atoms with Crippen molar-refractivity contribution in [1.29, 1.82) is 0 Å². The molecule has 0 spiro atoms. The Labute approximate surface area is 323 Å². The molecule has 8 aromatic rings. The lowest BCUT2D eigenvalue weighted by Gasteiger charge is -2.21. The van der Waals surface area contributed by atoms with Gasteiger partial charge in [-0.05, 0) is 110 Å². The molecular formula is C53H42N2. The first-order chi connectivity index (χ1) is 27.0. The first-order valence-electron chi connectivity index (χ1n) is 19.2. The molecule has 0 aliphatic heterocycles. The fourth-order valence-electron chi connectivity index (χ4n) is 8.46. The second-order valence-electron chi connectivity index (χ2n) is 14.5. The number of aryl methyl sites for hydroxylation is 2. The van der Waals surface area contributed by atoms with E-state index in [0.29, 0.717) is 11.5 Å². The van der Waals surface area contributed by atoms with Crippen LogP contribution < -0.4 is 0 Å². The van der Waals surface area contributed by atoms with Gasteiger partial charge in [0.1, 0.15) is 0 Å². The molecule has 0 unspecified atom stereocenters. The molecule has 264 valence electrons. The first-order valence-corrected chi connectivity index (χ1v) is 19.2. The number of allylic oxidation sites excluding steroid dienone is 1. The minimum atomic E-state index is 0.642. The summed E-state index contributed by atoms with van der Waals surface area (Å²) in [4.78, 5) is 10.6. The molecule has 0 atom stereocenters. The van der Waals surface area contributed by atoms with E-state index in [2.05, 4.69) is 172 Å². The summed E-state index contributed by atoms with van der Waals surface area (Å²) in [6.07, 6.45) is 7.49. The smallest absolute Gasteiger partial charge is 0.160 e. The van der Waals surface area contributed by atoms with Gasteiger partial charge in [-0.2, -0.15) is 0 Å². The van der Waals surface area contributed by atoms with E-state index >= 15 is 0 Å². The molecule has 1 aliphatic carbocycles. The third kappa shape index (κ3) is 6.40. The number of aliphatic imine (C=N–C) groups is 2. The second kappa shape index (κ2) is 14.6. The highest BCUT2D eigenvalue weighted by molar-refractivity contribution is 6.27. The fourth-order valence-corrected chi connectivity index (χ4v) is 8.46. The Kier molecular flexibility index (Phi) is 9.09. The van der Waals surface area contributed by atoms with Crippen LogP contribution in [0.1, 0.15) is 57.9 Å². The Morgan fingerprint density at radius 3 is 2.02 bits per heavy atom. The van der Waals surface area contributed by atoms with Crippen molar-refractivity contribution in [2.75, 3.05) is 0 Å². The van der Waals surface area contributed by atoms with Gasteiger partial charge in [0.15, 0.2) is 5.84 Å². The topological polar surface area (TPSA) is 24.7 Å². The zero-order valence-electron chi connectivity index (χ0n) is 31.4. The van der Waals surface area contributed by atoms with Crippen LogP contribution in [0.4, 0.5) is 0 Å². The molecule has 0 amide bonds. The van der Waals surface area contributed by atoms with Crippen LogP contribution in [0.2, 0.25) is 0 Å². The van der Waals surface area contributed by atoms with Crippen LogP contribution in [0.3, 0.4) is 0 Å². The fraction of sp³-hybridized carbons (Fsp3) is 0.0943. The zero-order chi connectivity index (χ0) is 37.3. The summed E-state index contributed by atoms with van der Waals surface area (Å²) in [5, 5.41) is 7.68. The number of amidine groups is 1. The molecule has 2 heteroatoms. The lowest BCUT2D eigenvalue weighted by molar-refractivity contribution is 1.00. The van der Waals surface area contributed by atoms with Gasteiger partial charge in [0, 0.05) is 22.4 Å². The highest BCUT2D eigenvalue weighted by atomic mass is 14.9. The summed E-state index contributed by atoms with van der Waals surface area (Å²) in [5.74, 6) is 0.642. The van der Waals surface area contributed by atoms with Gasteiger partial charge in [-0.25, -0.2) is 9.98 Å². The van der Waals surface area contributed by atoms with Crippen molar-refractivity contribution in [2.24, 2.45) is 9.98 Å². The maximum atomic E-state index is 5.38. The summed E-state index contributed by atoms with van der Waals surface area (Å²) < 4.78 is 0. The predicted molar refractivity (Wildman–Crippen MR) is 236 cm³/mol. The number of hydrogen-bond acceptors (Lipinski definition) is 1. The molecule has 8 aromatic carbocycles. The molecule has 0 N–H and O–H groups in total. The number of hydrogen-bond donors (Lipinski definition) is 0. The van der Waals surface area contributed by atoms with Crippen molar-refractivity contribution >= 4 is 55.6 Å². The van der Waals surface area contributed by atoms with E-state index in [9.17, 15) is 0 Å². The molecule has 55 heavy (non-hydrogen) atoms. The van der Waals surface area contributed by atoms with E-state index in [1.807, 2.05) is 18.2 Å². The quantitative estimate of drug-likeness (QED) is 0.0895. The molecule has 1 aliphatic rings. The minimum Gasteiger partial charge on any atom is -0.233 e. The molecule has 0 bridgehead atoms. The van der Waals surface area contributed by atoms with Crippen LogP contribution >= 0.6 is 0 Å². The predicted octanol–water partition coefficient (Wildman–Crippen LogP) is 13.6. The van der Waals surface area contributed by atoms with Crippen LogP contribution in [0.5, 0.6) is 0 Å². The summed E-state index contributed by atoms with van der Waals surface area (Å²) in [6.45, 7) is 8.87. The number of rotatable bonds is 7. The van der Waals surface area contributed by atoms with Crippen molar-refractivity contribution in [1.82, 2.24) is 0 Å². The molecule has 0 fully saturated rings. The maximum absolute atomic E-state index is 5.38. The largest absolute Gasteiger partial charge is 0.233 e. The average molecular weight is 707 g/mol. The Balaban J connectivity index is 1.17. The zero-order valence-corrected chi connectivity index (χ0v) is 31.4. The summed E-state index contributed by atoms with van der Waals surface area (Å²) in [6, 6.07) is 56.2. The van der Waals surface area contributed by atoms with Gasteiger partial charge in [-0.3, -0.25) is 0 Å². The molecule has 0 heterocycles. The number of fused-ring (bicyclic) bond motifs is 8. The average Bonchev–Trinajstić information content (AvgIpc) is 3.24. The van der Waals surface area contributed by atoms with E-state index in [-0.39, 0.29) is 0 Å². The standard InChI is InChI=1S/C53H42N2/c1-35-19-7-10-24-41(35)43-26-12-9-23-40(43)33-39-22-8-11-25-42(39)36(2)54-53(38-20-5-4-6-21-38)55-37(3)50-34-51-46-29-14-13-27-44(46)45-28-15-17-31-48(45)52(51)49-32-18-16-30-47(49)50/h4-16,18-30,32,34H,2,17,31,33H2,1,3H3. The third-order valence-electron chi connectivity index (χ3n) is 11.1. The van der Waals surface area contributed by atoms with Crippen LogP contribution in [-0.4, -0.2) is 11.5 Å². The normalized spacial score (nSPS) is 13.1. The minimum absolute atomic E-state index is 0.642. The summed E-state index contributed by atoms with van der Waals surface area (Å²) in [5.41, 5.74) is 13.7. The van der Waals surface area contributed by atoms with Crippen LogP contribution in [0.15, 0.2) is 180 Å². The van der Waals surface area contributed by atoms with E-state index in [1.54, 1.807) is 0 Å². The van der Waals surface area contributed by atoms with Crippen LogP contribution in [0, 0.1) is 6.92 Å². The Bertz CT molecular complexity index is 2870. The Morgan fingerprint density at radius 2 is 1.22 bits per heavy atom. The maximum Gasteiger partial charge on any atom is 0.160 e. The van der Waals surface area contributed by atoms with Gasteiger partial charge in [0.05, 0.1) is 5.70 Å². The van der Waals surface area contributed by atoms with Gasteiger partial charge in [0.25, 0.3) is 0 Å². The van der Waals surface area contributed by atoms with Gasteiger partial charge in [-0.15, -0.1) is 0 Å². The molecule has 0 saturated heterocycles. The van der Waals surface area contributed by atoms with Gasteiger partial charge in [0.2, 0.25) is 0 Å². The Hall–Kier alpha value is -6.64. The lowest BCUT2D eigenvalue weighted by Crippen LogP contribution is -2.06. The molecular weight excluding hydrogens is 665 g/mol. The van der Waals surface area contributed by atoms with Crippen LogP contribution in [0.25, 0.3) is 55.2 Å². The molecule has 0 aromatic heterocycles. The highest BCUT2D eigenvalue weighted by Crippen LogP contribution is 2.41. The second-order valence-corrected chi connectivity index (χ2v) is 14.5. The van der Waals surface area contributed by atoms with E-state index in [0.717, 1.165) is 41.7 Å². The van der Waals surface area contributed by atoms with Crippen molar-refractivity contribution in [3.63, 3.8) is 0 Å². The first kappa shape index (κ1) is 34.1. The highest BCUT2D eigenvalue weighted by Gasteiger charge is 2.20. The van der Waals surface area contributed by atoms with Gasteiger partial charge < -0.3 is 0 Å². The van der Waals surface area contributed by atoms with E-state index < -0.39 is 0 Å². The molecule has 0 radical (unpaired) electrons. The third-order valence-corrected chi connectivity index (χ3v) is 11.1. The monoisotopic (exact) mass is 706 g/mol. The molecule has 0 saturated carbocycles. The molecule has 9 rings (SSSR count). The van der Waals surface area contributed by atoms with Crippen LogP contribution in [-0.2, 0) is 12.8 Å². The summed E-state index contributed by atoms with van der Waals surface area (Å²) in [7, 11) is 0.